The quantitative estimate of drug-likeness (QED) is 0.663. The van der Waals surface area contributed by atoms with E-state index >= 15 is 0 Å². The van der Waals surface area contributed by atoms with E-state index in [0.717, 1.165) is 0 Å². The van der Waals surface area contributed by atoms with Crippen molar-refractivity contribution in [2.24, 2.45) is 0 Å². The fourth-order valence-electron chi connectivity index (χ4n) is 2.14. The van der Waals surface area contributed by atoms with Gasteiger partial charge in [0.05, 0.1) is 11.2 Å². The first-order valence-electron chi connectivity index (χ1n) is 8.45. The fourth-order valence-corrected chi connectivity index (χ4v) is 4.74. The second-order valence-electron chi connectivity index (χ2n) is 7.76. The van der Waals surface area contributed by atoms with Crippen LogP contribution in [0.3, 0.4) is 0 Å². The third-order valence-electron chi connectivity index (χ3n) is 2.83. The van der Waals surface area contributed by atoms with Crippen molar-refractivity contribution in [1.82, 2.24) is 0 Å². The van der Waals surface area contributed by atoms with Gasteiger partial charge < -0.3 is 17.7 Å². The van der Waals surface area contributed by atoms with E-state index in [1.807, 2.05) is 102 Å². The zero-order valence-corrected chi connectivity index (χ0v) is 16.9. The minimum Gasteiger partial charge on any atom is -0.471 e. The summed E-state index contributed by atoms with van der Waals surface area (Å²) >= 11 is 0. The monoisotopic (exact) mass is 360 g/mol. The lowest BCUT2D eigenvalue weighted by Crippen LogP contribution is -2.61. The molecule has 2 aromatic carbocycles. The molecule has 0 atom stereocenters. The minimum atomic E-state index is -3.55. The van der Waals surface area contributed by atoms with Crippen LogP contribution in [0.15, 0.2) is 60.7 Å². The van der Waals surface area contributed by atoms with Crippen molar-refractivity contribution in [3.05, 3.63) is 60.7 Å². The number of benzene rings is 2. The van der Waals surface area contributed by atoms with Gasteiger partial charge in [-0.2, -0.15) is 0 Å². The maximum atomic E-state index is 6.28. The average Bonchev–Trinajstić information content (AvgIpc) is 2.45. The molecule has 0 aromatic heterocycles. The van der Waals surface area contributed by atoms with Gasteiger partial charge in [0.1, 0.15) is 11.5 Å². The molecule has 0 bridgehead atoms. The van der Waals surface area contributed by atoms with E-state index in [9.17, 15) is 0 Å². The van der Waals surface area contributed by atoms with Crippen LogP contribution in [0.5, 0.6) is 11.5 Å². The van der Waals surface area contributed by atoms with E-state index in [-0.39, 0.29) is 0 Å². The molecule has 0 aliphatic carbocycles. The third kappa shape index (κ3) is 6.90. The SMILES string of the molecule is CC(C)(C)O[Si](Oc1ccccc1)(Oc1ccccc1)OC(C)(C)C. The van der Waals surface area contributed by atoms with Gasteiger partial charge in [0.25, 0.3) is 0 Å². The lowest BCUT2D eigenvalue weighted by atomic mass is 10.2. The number of para-hydroxylation sites is 2. The number of hydrogen-bond donors (Lipinski definition) is 0. The van der Waals surface area contributed by atoms with Crippen molar-refractivity contribution >= 4 is 9.05 Å². The molecule has 0 fully saturated rings. The maximum absolute atomic E-state index is 6.28. The van der Waals surface area contributed by atoms with Gasteiger partial charge in [-0.1, -0.05) is 36.4 Å². The summed E-state index contributed by atoms with van der Waals surface area (Å²) < 4.78 is 25.0. The molecule has 0 saturated carbocycles. The predicted molar refractivity (Wildman–Crippen MR) is 102 cm³/mol. The Labute approximate surface area is 152 Å². The van der Waals surface area contributed by atoms with Crippen LogP contribution in [-0.4, -0.2) is 20.3 Å². The highest BCUT2D eigenvalue weighted by molar-refractivity contribution is 6.55. The van der Waals surface area contributed by atoms with Gasteiger partial charge in [0, 0.05) is 0 Å². The molecule has 0 aliphatic heterocycles. The molecule has 0 heterocycles. The molecule has 25 heavy (non-hydrogen) atoms. The summed E-state index contributed by atoms with van der Waals surface area (Å²) in [4.78, 5) is 0. The van der Waals surface area contributed by atoms with Gasteiger partial charge in [0.2, 0.25) is 0 Å². The van der Waals surface area contributed by atoms with Crippen LogP contribution < -0.4 is 8.85 Å². The molecule has 136 valence electrons. The van der Waals surface area contributed by atoms with E-state index in [1.54, 1.807) is 0 Å². The topological polar surface area (TPSA) is 36.9 Å². The molecule has 2 aromatic rings. The van der Waals surface area contributed by atoms with Gasteiger partial charge >= 0.3 is 9.05 Å². The van der Waals surface area contributed by atoms with Crippen LogP contribution in [0.25, 0.3) is 0 Å². The molecular weight excluding hydrogens is 332 g/mol. The smallest absolute Gasteiger partial charge is 0.471 e. The van der Waals surface area contributed by atoms with E-state index in [4.69, 9.17) is 17.7 Å². The van der Waals surface area contributed by atoms with Gasteiger partial charge in [0.15, 0.2) is 0 Å². The molecule has 0 N–H and O–H groups in total. The lowest BCUT2D eigenvalue weighted by Gasteiger charge is -2.37. The van der Waals surface area contributed by atoms with Crippen molar-refractivity contribution in [2.45, 2.75) is 52.7 Å². The molecule has 4 nitrogen and oxygen atoms in total. The van der Waals surface area contributed by atoms with Crippen LogP contribution in [0.1, 0.15) is 41.5 Å². The Morgan fingerprint density at radius 3 is 1.16 bits per heavy atom. The molecule has 0 saturated heterocycles. The van der Waals surface area contributed by atoms with Crippen molar-refractivity contribution in [3.8, 4) is 11.5 Å². The van der Waals surface area contributed by atoms with Gasteiger partial charge in [-0.15, -0.1) is 0 Å². The Kier molecular flexibility index (Phi) is 5.93. The van der Waals surface area contributed by atoms with Gasteiger partial charge in [-0.05, 0) is 65.8 Å². The van der Waals surface area contributed by atoms with E-state index in [2.05, 4.69) is 0 Å². The van der Waals surface area contributed by atoms with Crippen molar-refractivity contribution < 1.29 is 17.7 Å². The van der Waals surface area contributed by atoms with Gasteiger partial charge in [-0.3, -0.25) is 0 Å². The molecule has 0 spiro atoms. The molecular formula is C20H28O4Si. The normalized spacial score (nSPS) is 12.7. The summed E-state index contributed by atoms with van der Waals surface area (Å²) in [6.07, 6.45) is 0. The number of rotatable bonds is 6. The van der Waals surface area contributed by atoms with Crippen LogP contribution in [-0.2, 0) is 8.85 Å². The summed E-state index contributed by atoms with van der Waals surface area (Å²) in [6, 6.07) is 19.0. The minimum absolute atomic E-state index is 0.499. The average molecular weight is 361 g/mol. The third-order valence-corrected chi connectivity index (χ3v) is 5.53. The first-order chi connectivity index (χ1) is 11.6. The summed E-state index contributed by atoms with van der Waals surface area (Å²) in [5, 5.41) is 0. The van der Waals surface area contributed by atoms with E-state index < -0.39 is 20.3 Å². The molecule has 2 rings (SSSR count). The molecule has 0 aliphatic rings. The largest absolute Gasteiger partial charge is 0.821 e. The Bertz CT molecular complexity index is 585. The Hall–Kier alpha value is -1.82. The van der Waals surface area contributed by atoms with Crippen LogP contribution >= 0.6 is 0 Å². The summed E-state index contributed by atoms with van der Waals surface area (Å²) in [5.41, 5.74) is -0.998. The van der Waals surface area contributed by atoms with E-state index in [1.165, 1.54) is 0 Å². The molecule has 0 unspecified atom stereocenters. The fraction of sp³-hybridized carbons (Fsp3) is 0.400. The first-order valence-corrected chi connectivity index (χ1v) is 10.1. The Morgan fingerprint density at radius 1 is 0.560 bits per heavy atom. The first kappa shape index (κ1) is 19.5. The maximum Gasteiger partial charge on any atom is 0.821 e. The van der Waals surface area contributed by atoms with Gasteiger partial charge in [-0.25, -0.2) is 0 Å². The molecule has 0 amide bonds. The summed E-state index contributed by atoms with van der Waals surface area (Å²) in [7, 11) is -3.55. The molecule has 5 heteroatoms. The molecule has 0 radical (unpaired) electrons. The summed E-state index contributed by atoms with van der Waals surface area (Å²) in [6.45, 7) is 11.8. The van der Waals surface area contributed by atoms with Crippen molar-refractivity contribution in [1.29, 1.82) is 0 Å². The Morgan fingerprint density at radius 2 is 0.880 bits per heavy atom. The van der Waals surface area contributed by atoms with Crippen LogP contribution in [0.2, 0.25) is 0 Å². The summed E-state index contributed by atoms with van der Waals surface area (Å²) in [5.74, 6) is 1.30. The predicted octanol–water partition coefficient (Wildman–Crippen LogP) is 5.21. The van der Waals surface area contributed by atoms with Crippen LogP contribution in [0.4, 0.5) is 0 Å². The lowest BCUT2D eigenvalue weighted by molar-refractivity contribution is -0.0620. The van der Waals surface area contributed by atoms with Crippen LogP contribution in [0, 0.1) is 0 Å². The zero-order chi connectivity index (χ0) is 18.6. The number of hydrogen-bond acceptors (Lipinski definition) is 4. The van der Waals surface area contributed by atoms with E-state index in [0.29, 0.717) is 11.5 Å². The standard InChI is InChI=1S/C20H28O4Si/c1-19(2,3)23-25(24-20(4,5)6,21-17-13-9-7-10-14-17)22-18-15-11-8-12-16-18/h7-16H,1-6H3. The zero-order valence-electron chi connectivity index (χ0n) is 15.9. The Balaban J connectivity index is 2.43. The van der Waals surface area contributed by atoms with Crippen molar-refractivity contribution in [3.63, 3.8) is 0 Å². The highest BCUT2D eigenvalue weighted by Gasteiger charge is 2.57. The van der Waals surface area contributed by atoms with Crippen molar-refractivity contribution in [2.75, 3.05) is 0 Å². The highest BCUT2D eigenvalue weighted by Crippen LogP contribution is 2.29. The second kappa shape index (κ2) is 7.60. The second-order valence-corrected chi connectivity index (χ2v) is 9.58. The highest BCUT2D eigenvalue weighted by atomic mass is 28.4.